The third kappa shape index (κ3) is 14.4. The van der Waals surface area contributed by atoms with E-state index < -0.39 is 11.9 Å². The van der Waals surface area contributed by atoms with Gasteiger partial charge in [0.25, 0.3) is 0 Å². The van der Waals surface area contributed by atoms with Gasteiger partial charge in [-0.1, -0.05) is 13.3 Å². The van der Waals surface area contributed by atoms with E-state index in [1.54, 1.807) is 12.1 Å². The van der Waals surface area contributed by atoms with E-state index >= 15 is 0 Å². The van der Waals surface area contributed by atoms with Crippen molar-refractivity contribution < 1.29 is 38.4 Å². The lowest BCUT2D eigenvalue weighted by Gasteiger charge is -2.09. The highest BCUT2D eigenvalue weighted by Gasteiger charge is 2.07. The summed E-state index contributed by atoms with van der Waals surface area (Å²) in [6.07, 6.45) is 3.43. The van der Waals surface area contributed by atoms with Crippen LogP contribution in [-0.4, -0.2) is 69.2 Å². The fourth-order valence-electron chi connectivity index (χ4n) is 2.56. The minimum Gasteiger partial charge on any atom is -0.481 e. The lowest BCUT2D eigenvalue weighted by Crippen LogP contribution is -2.15. The summed E-state index contributed by atoms with van der Waals surface area (Å²) in [5.74, 6) is -1.62. The molecule has 0 bridgehead atoms. The van der Waals surface area contributed by atoms with Crippen molar-refractivity contribution in [3.05, 3.63) is 29.8 Å². The second-order valence-electron chi connectivity index (χ2n) is 7.04. The smallest absolute Gasteiger partial charge is 0.338 e. The number of ether oxygens (including phenoxy) is 4. The number of nitrogens with one attached hydrogen (secondary N) is 1. The molecule has 0 aliphatic carbocycles. The lowest BCUT2D eigenvalue weighted by atomic mass is 10.2. The van der Waals surface area contributed by atoms with Gasteiger partial charge in [0, 0.05) is 25.1 Å². The molecule has 9 heteroatoms. The Morgan fingerprint density at radius 1 is 0.812 bits per heavy atom. The van der Waals surface area contributed by atoms with Crippen LogP contribution in [0.4, 0.5) is 5.69 Å². The van der Waals surface area contributed by atoms with E-state index in [2.05, 4.69) is 12.2 Å². The highest BCUT2D eigenvalue weighted by Crippen LogP contribution is 2.10. The van der Waals surface area contributed by atoms with Gasteiger partial charge < -0.3 is 29.4 Å². The van der Waals surface area contributed by atoms with Gasteiger partial charge in [0.1, 0.15) is 13.2 Å². The van der Waals surface area contributed by atoms with Crippen molar-refractivity contribution in [2.24, 2.45) is 0 Å². The van der Waals surface area contributed by atoms with Gasteiger partial charge in [-0.25, -0.2) is 4.79 Å². The Bertz CT molecular complexity index is 662. The summed E-state index contributed by atoms with van der Waals surface area (Å²) < 4.78 is 20.8. The number of rotatable bonds is 19. The summed E-state index contributed by atoms with van der Waals surface area (Å²) in [6.45, 7) is 4.50. The quantitative estimate of drug-likeness (QED) is 0.240. The monoisotopic (exact) mass is 453 g/mol. The van der Waals surface area contributed by atoms with Gasteiger partial charge in [-0.3, -0.25) is 9.59 Å². The SMILES string of the molecule is CCCCNc1ccc(C(=O)OCCOCCOCCOC(=O)CCCCC(=O)O)cc1. The topological polar surface area (TPSA) is 120 Å². The number of hydrogen-bond donors (Lipinski definition) is 2. The number of carboxylic acids is 1. The third-order valence-corrected chi connectivity index (χ3v) is 4.33. The normalized spacial score (nSPS) is 10.5. The number of carbonyl (C=O) groups excluding carboxylic acids is 2. The number of benzene rings is 1. The average Bonchev–Trinajstić information content (AvgIpc) is 2.78. The molecule has 180 valence electrons. The number of esters is 2. The van der Waals surface area contributed by atoms with Crippen LogP contribution in [0, 0.1) is 0 Å². The molecule has 0 saturated carbocycles. The van der Waals surface area contributed by atoms with Crippen molar-refractivity contribution in [1.82, 2.24) is 0 Å². The number of carboxylic acid groups (broad SMARTS) is 1. The Hall–Kier alpha value is -2.65. The van der Waals surface area contributed by atoms with Crippen molar-refractivity contribution in [2.45, 2.75) is 45.4 Å². The molecule has 0 saturated heterocycles. The van der Waals surface area contributed by atoms with Crippen LogP contribution in [0.1, 0.15) is 55.8 Å². The molecule has 0 aromatic heterocycles. The van der Waals surface area contributed by atoms with E-state index in [0.717, 1.165) is 25.1 Å². The molecule has 0 spiro atoms. The zero-order valence-corrected chi connectivity index (χ0v) is 18.8. The summed E-state index contributed by atoms with van der Waals surface area (Å²) in [6, 6.07) is 7.18. The summed E-state index contributed by atoms with van der Waals surface area (Å²) in [5.41, 5.74) is 1.47. The summed E-state index contributed by atoms with van der Waals surface area (Å²) >= 11 is 0. The van der Waals surface area contributed by atoms with Crippen LogP contribution < -0.4 is 5.32 Å². The predicted octanol–water partition coefficient (Wildman–Crippen LogP) is 3.28. The number of unbranched alkanes of at least 4 members (excludes halogenated alkanes) is 2. The maximum absolute atomic E-state index is 12.0. The average molecular weight is 454 g/mol. The van der Waals surface area contributed by atoms with Crippen LogP contribution in [0.5, 0.6) is 0 Å². The summed E-state index contributed by atoms with van der Waals surface area (Å²) in [5, 5.41) is 11.8. The van der Waals surface area contributed by atoms with E-state index in [1.165, 1.54) is 0 Å². The van der Waals surface area contributed by atoms with Gasteiger partial charge in [0.05, 0.1) is 32.0 Å². The highest BCUT2D eigenvalue weighted by molar-refractivity contribution is 5.89. The lowest BCUT2D eigenvalue weighted by molar-refractivity contribution is -0.146. The molecule has 0 aliphatic heterocycles. The summed E-state index contributed by atoms with van der Waals surface area (Å²) in [4.78, 5) is 33.8. The minimum atomic E-state index is -0.868. The Morgan fingerprint density at radius 2 is 1.41 bits per heavy atom. The van der Waals surface area contributed by atoms with Crippen LogP contribution in [0.25, 0.3) is 0 Å². The molecule has 0 heterocycles. The van der Waals surface area contributed by atoms with Crippen LogP contribution in [-0.2, 0) is 28.5 Å². The third-order valence-electron chi connectivity index (χ3n) is 4.33. The van der Waals surface area contributed by atoms with Crippen LogP contribution in [0.15, 0.2) is 24.3 Å². The molecule has 1 rings (SSSR count). The molecule has 32 heavy (non-hydrogen) atoms. The van der Waals surface area contributed by atoms with Gasteiger partial charge in [0.2, 0.25) is 0 Å². The molecule has 0 aliphatic rings. The zero-order valence-electron chi connectivity index (χ0n) is 18.8. The second kappa shape index (κ2) is 18.0. The first-order valence-corrected chi connectivity index (χ1v) is 11.1. The molecule has 1 aromatic rings. The van der Waals surface area contributed by atoms with Crippen molar-refractivity contribution in [3.8, 4) is 0 Å². The maximum Gasteiger partial charge on any atom is 0.338 e. The van der Waals surface area contributed by atoms with Crippen LogP contribution in [0.2, 0.25) is 0 Å². The molecule has 2 N–H and O–H groups in total. The number of hydrogen-bond acceptors (Lipinski definition) is 8. The number of anilines is 1. The Labute approximate surface area is 189 Å². The van der Waals surface area contributed by atoms with Crippen LogP contribution >= 0.6 is 0 Å². The number of aliphatic carboxylic acids is 1. The van der Waals surface area contributed by atoms with Crippen molar-refractivity contribution in [3.63, 3.8) is 0 Å². The fraction of sp³-hybridized carbons (Fsp3) is 0.609. The summed E-state index contributed by atoms with van der Waals surface area (Å²) in [7, 11) is 0. The highest BCUT2D eigenvalue weighted by atomic mass is 16.6. The van der Waals surface area contributed by atoms with Crippen molar-refractivity contribution in [1.29, 1.82) is 0 Å². The largest absolute Gasteiger partial charge is 0.481 e. The molecule has 0 amide bonds. The Morgan fingerprint density at radius 3 is 2.03 bits per heavy atom. The van der Waals surface area contributed by atoms with Crippen molar-refractivity contribution in [2.75, 3.05) is 51.5 Å². The van der Waals surface area contributed by atoms with Gasteiger partial charge in [-0.05, 0) is 43.5 Å². The predicted molar refractivity (Wildman–Crippen MR) is 119 cm³/mol. The first-order chi connectivity index (χ1) is 15.5. The van der Waals surface area contributed by atoms with Crippen LogP contribution in [0.3, 0.4) is 0 Å². The van der Waals surface area contributed by atoms with Gasteiger partial charge in [0.15, 0.2) is 0 Å². The van der Waals surface area contributed by atoms with E-state index in [4.69, 9.17) is 24.1 Å². The number of carbonyl (C=O) groups is 3. The van der Waals surface area contributed by atoms with E-state index in [-0.39, 0.29) is 45.2 Å². The van der Waals surface area contributed by atoms with Gasteiger partial charge in [-0.15, -0.1) is 0 Å². The zero-order chi connectivity index (χ0) is 23.4. The van der Waals surface area contributed by atoms with Gasteiger partial charge in [-0.2, -0.15) is 0 Å². The van der Waals surface area contributed by atoms with E-state index in [0.29, 0.717) is 31.6 Å². The first kappa shape index (κ1) is 27.4. The molecule has 0 atom stereocenters. The second-order valence-corrected chi connectivity index (χ2v) is 7.04. The molecule has 0 fully saturated rings. The van der Waals surface area contributed by atoms with Crippen molar-refractivity contribution >= 4 is 23.6 Å². The molecule has 0 radical (unpaired) electrons. The Balaban J connectivity index is 1.95. The standard InChI is InChI=1S/C23H35NO8/c1-2-3-12-24-20-10-8-19(9-11-20)23(28)32-18-16-30-14-13-29-15-17-31-22(27)7-5-4-6-21(25)26/h8-11,24H,2-7,12-18H2,1H3,(H,25,26). The maximum atomic E-state index is 12.0. The fourth-order valence-corrected chi connectivity index (χ4v) is 2.56. The van der Waals surface area contributed by atoms with E-state index in [9.17, 15) is 14.4 Å². The molecule has 1 aromatic carbocycles. The molecule has 0 unspecified atom stereocenters. The molecule has 9 nitrogen and oxygen atoms in total. The molecular weight excluding hydrogens is 418 g/mol. The Kier molecular flexibility index (Phi) is 15.4. The minimum absolute atomic E-state index is 0.0552. The molecular formula is C23H35NO8. The first-order valence-electron chi connectivity index (χ1n) is 11.1. The van der Waals surface area contributed by atoms with E-state index in [1.807, 2.05) is 12.1 Å². The van der Waals surface area contributed by atoms with Gasteiger partial charge >= 0.3 is 17.9 Å².